The van der Waals surface area contributed by atoms with Crippen molar-refractivity contribution in [3.63, 3.8) is 0 Å². The van der Waals surface area contributed by atoms with Gasteiger partial charge in [-0.1, -0.05) is 0 Å². The number of rotatable bonds is 4. The van der Waals surface area contributed by atoms with Crippen molar-refractivity contribution in [1.29, 1.82) is 0 Å². The quantitative estimate of drug-likeness (QED) is 0.618. The normalized spacial score (nSPS) is 32.6. The minimum absolute atomic E-state index is 0.00937. The van der Waals surface area contributed by atoms with E-state index in [1.54, 1.807) is 0 Å². The Morgan fingerprint density at radius 2 is 2.18 bits per heavy atom. The molecule has 0 aromatic carbocycles. The first-order valence-corrected chi connectivity index (χ1v) is 6.06. The zero-order valence-electron chi connectivity index (χ0n) is 9.65. The molecule has 96 valence electrons. The van der Waals surface area contributed by atoms with Gasteiger partial charge in [-0.2, -0.15) is 0 Å². The van der Waals surface area contributed by atoms with E-state index in [4.69, 9.17) is 9.84 Å². The van der Waals surface area contributed by atoms with Crippen molar-refractivity contribution >= 4 is 11.9 Å². The van der Waals surface area contributed by atoms with E-state index in [1.807, 2.05) is 0 Å². The van der Waals surface area contributed by atoms with E-state index in [-0.39, 0.29) is 18.1 Å². The Labute approximate surface area is 99.7 Å². The van der Waals surface area contributed by atoms with Crippen molar-refractivity contribution < 1.29 is 19.4 Å². The SMILES string of the molecule is O=C(NCC1CCC(C(=O)O)O1)C1CCCN1. The number of hydrogen-bond donors (Lipinski definition) is 3. The first-order chi connectivity index (χ1) is 8.16. The van der Waals surface area contributed by atoms with E-state index in [0.717, 1.165) is 19.4 Å². The summed E-state index contributed by atoms with van der Waals surface area (Å²) in [5.74, 6) is -0.929. The van der Waals surface area contributed by atoms with Crippen LogP contribution in [0.2, 0.25) is 0 Å². The van der Waals surface area contributed by atoms with Crippen molar-refractivity contribution in [3.8, 4) is 0 Å². The first-order valence-electron chi connectivity index (χ1n) is 6.06. The number of carbonyl (C=O) groups is 2. The molecule has 0 aromatic heterocycles. The maximum absolute atomic E-state index is 11.7. The number of carbonyl (C=O) groups excluding carboxylic acids is 1. The topological polar surface area (TPSA) is 87.7 Å². The zero-order chi connectivity index (χ0) is 12.3. The summed E-state index contributed by atoms with van der Waals surface area (Å²) in [5.41, 5.74) is 0. The molecule has 0 saturated carbocycles. The second kappa shape index (κ2) is 5.46. The van der Waals surface area contributed by atoms with Crippen LogP contribution in [0.3, 0.4) is 0 Å². The number of nitrogens with one attached hydrogen (secondary N) is 2. The van der Waals surface area contributed by atoms with Crippen LogP contribution in [0.4, 0.5) is 0 Å². The molecule has 17 heavy (non-hydrogen) atoms. The van der Waals surface area contributed by atoms with Crippen molar-refractivity contribution in [2.45, 2.75) is 43.9 Å². The van der Waals surface area contributed by atoms with E-state index in [0.29, 0.717) is 19.4 Å². The molecule has 2 aliphatic heterocycles. The zero-order valence-corrected chi connectivity index (χ0v) is 9.65. The summed E-state index contributed by atoms with van der Waals surface area (Å²) in [5, 5.41) is 14.7. The first kappa shape index (κ1) is 12.3. The highest BCUT2D eigenvalue weighted by molar-refractivity contribution is 5.82. The Hall–Kier alpha value is -1.14. The minimum atomic E-state index is -0.920. The molecule has 0 aliphatic carbocycles. The standard InChI is InChI=1S/C11H18N2O4/c14-10(8-2-1-5-12-8)13-6-7-3-4-9(17-7)11(15)16/h7-9,12H,1-6H2,(H,13,14)(H,15,16). The highest BCUT2D eigenvalue weighted by Crippen LogP contribution is 2.19. The third-order valence-electron chi connectivity index (χ3n) is 3.26. The number of ether oxygens (including phenoxy) is 1. The number of carboxylic acid groups (broad SMARTS) is 1. The molecule has 2 aliphatic rings. The molecule has 0 spiro atoms. The second-order valence-electron chi connectivity index (χ2n) is 4.56. The molecule has 2 heterocycles. The van der Waals surface area contributed by atoms with Gasteiger partial charge in [-0.3, -0.25) is 4.79 Å². The lowest BCUT2D eigenvalue weighted by atomic mass is 10.2. The fourth-order valence-electron chi connectivity index (χ4n) is 2.28. The number of carboxylic acids is 1. The lowest BCUT2D eigenvalue weighted by Gasteiger charge is -2.15. The fourth-order valence-corrected chi connectivity index (χ4v) is 2.28. The van der Waals surface area contributed by atoms with Gasteiger partial charge in [-0.25, -0.2) is 4.79 Å². The predicted molar refractivity (Wildman–Crippen MR) is 59.6 cm³/mol. The van der Waals surface area contributed by atoms with Crippen molar-refractivity contribution in [2.24, 2.45) is 0 Å². The molecular weight excluding hydrogens is 224 g/mol. The third kappa shape index (κ3) is 3.17. The van der Waals surface area contributed by atoms with Gasteiger partial charge in [-0.05, 0) is 32.2 Å². The van der Waals surface area contributed by atoms with Crippen molar-refractivity contribution in [2.75, 3.05) is 13.1 Å². The molecule has 3 atom stereocenters. The summed E-state index contributed by atoms with van der Waals surface area (Å²) in [4.78, 5) is 22.3. The molecule has 3 N–H and O–H groups in total. The number of aliphatic carboxylic acids is 1. The Bertz CT molecular complexity index is 302. The predicted octanol–water partition coefficient (Wildman–Crippen LogP) is -0.513. The van der Waals surface area contributed by atoms with Gasteiger partial charge in [0.15, 0.2) is 6.10 Å². The molecule has 0 radical (unpaired) electrons. The summed E-state index contributed by atoms with van der Waals surface area (Å²) < 4.78 is 5.30. The van der Waals surface area contributed by atoms with Crippen LogP contribution in [0.15, 0.2) is 0 Å². The van der Waals surface area contributed by atoms with Crippen LogP contribution in [-0.4, -0.2) is 48.3 Å². The summed E-state index contributed by atoms with van der Waals surface area (Å²) in [6.45, 7) is 1.29. The fraction of sp³-hybridized carbons (Fsp3) is 0.818. The van der Waals surface area contributed by atoms with Gasteiger partial charge >= 0.3 is 5.97 Å². The molecule has 1 amide bonds. The summed E-state index contributed by atoms with van der Waals surface area (Å²) in [6, 6.07) is -0.0910. The van der Waals surface area contributed by atoms with E-state index < -0.39 is 12.1 Å². The third-order valence-corrected chi connectivity index (χ3v) is 3.26. The van der Waals surface area contributed by atoms with E-state index in [1.165, 1.54) is 0 Å². The molecule has 0 aromatic rings. The van der Waals surface area contributed by atoms with Crippen LogP contribution < -0.4 is 10.6 Å². The van der Waals surface area contributed by atoms with Crippen LogP contribution in [0.1, 0.15) is 25.7 Å². The van der Waals surface area contributed by atoms with Crippen LogP contribution >= 0.6 is 0 Å². The maximum atomic E-state index is 11.7. The largest absolute Gasteiger partial charge is 0.479 e. The van der Waals surface area contributed by atoms with Gasteiger partial charge < -0.3 is 20.5 Å². The molecule has 6 heteroatoms. The van der Waals surface area contributed by atoms with E-state index in [2.05, 4.69) is 10.6 Å². The maximum Gasteiger partial charge on any atom is 0.332 e. The van der Waals surface area contributed by atoms with Gasteiger partial charge in [0, 0.05) is 6.54 Å². The Balaban J connectivity index is 1.68. The molecule has 6 nitrogen and oxygen atoms in total. The highest BCUT2D eigenvalue weighted by Gasteiger charge is 2.31. The Kier molecular flexibility index (Phi) is 3.96. The second-order valence-corrected chi connectivity index (χ2v) is 4.56. The molecule has 2 fully saturated rings. The van der Waals surface area contributed by atoms with Crippen LogP contribution in [-0.2, 0) is 14.3 Å². The summed E-state index contributed by atoms with van der Waals surface area (Å²) in [6.07, 6.45) is 2.24. The van der Waals surface area contributed by atoms with Gasteiger partial charge in [0.25, 0.3) is 0 Å². The van der Waals surface area contributed by atoms with E-state index >= 15 is 0 Å². The molecule has 2 rings (SSSR count). The van der Waals surface area contributed by atoms with Crippen LogP contribution in [0, 0.1) is 0 Å². The van der Waals surface area contributed by atoms with Gasteiger partial charge in [0.05, 0.1) is 12.1 Å². The molecule has 2 saturated heterocycles. The highest BCUT2D eigenvalue weighted by atomic mass is 16.5. The Morgan fingerprint density at radius 1 is 1.35 bits per heavy atom. The van der Waals surface area contributed by atoms with Crippen LogP contribution in [0.25, 0.3) is 0 Å². The molecule has 3 unspecified atom stereocenters. The van der Waals surface area contributed by atoms with Crippen molar-refractivity contribution in [1.82, 2.24) is 10.6 Å². The molecule has 0 bridgehead atoms. The number of hydrogen-bond acceptors (Lipinski definition) is 4. The Morgan fingerprint density at radius 3 is 2.76 bits per heavy atom. The van der Waals surface area contributed by atoms with E-state index in [9.17, 15) is 9.59 Å². The average molecular weight is 242 g/mol. The van der Waals surface area contributed by atoms with Crippen molar-refractivity contribution in [3.05, 3.63) is 0 Å². The number of amides is 1. The van der Waals surface area contributed by atoms with Gasteiger partial charge in [-0.15, -0.1) is 0 Å². The monoisotopic (exact) mass is 242 g/mol. The summed E-state index contributed by atoms with van der Waals surface area (Å²) >= 11 is 0. The average Bonchev–Trinajstić information content (AvgIpc) is 2.97. The summed E-state index contributed by atoms with van der Waals surface area (Å²) in [7, 11) is 0. The molecular formula is C11H18N2O4. The minimum Gasteiger partial charge on any atom is -0.479 e. The lowest BCUT2D eigenvalue weighted by molar-refractivity contribution is -0.149. The lowest BCUT2D eigenvalue weighted by Crippen LogP contribution is -2.43. The smallest absolute Gasteiger partial charge is 0.332 e. The van der Waals surface area contributed by atoms with Gasteiger partial charge in [0.2, 0.25) is 5.91 Å². The van der Waals surface area contributed by atoms with Gasteiger partial charge in [0.1, 0.15) is 0 Å². The van der Waals surface area contributed by atoms with Crippen LogP contribution in [0.5, 0.6) is 0 Å².